The van der Waals surface area contributed by atoms with Crippen molar-refractivity contribution >= 4 is 6.03 Å². The highest BCUT2D eigenvalue weighted by Gasteiger charge is 2.00. The molecule has 6 heteroatoms. The molecule has 0 aliphatic rings. The van der Waals surface area contributed by atoms with E-state index in [9.17, 15) is 4.79 Å². The Labute approximate surface area is 113 Å². The van der Waals surface area contributed by atoms with Crippen molar-refractivity contribution < 1.29 is 14.3 Å². The number of nitrogens with zero attached hydrogens (tertiary/aromatic N) is 1. The van der Waals surface area contributed by atoms with Crippen molar-refractivity contribution in [2.45, 2.75) is 19.9 Å². The van der Waals surface area contributed by atoms with E-state index in [2.05, 4.69) is 15.6 Å². The molecule has 1 aromatic rings. The lowest BCUT2D eigenvalue weighted by atomic mass is 10.3. The van der Waals surface area contributed by atoms with Crippen LogP contribution in [0.5, 0.6) is 5.88 Å². The summed E-state index contributed by atoms with van der Waals surface area (Å²) >= 11 is 0. The number of urea groups is 1. The SMILES string of the molecule is CCOCCCNC(=O)NCc1ccc(OC)nc1. The van der Waals surface area contributed by atoms with Crippen LogP contribution in [0.15, 0.2) is 18.3 Å². The third-order valence-electron chi connectivity index (χ3n) is 2.41. The minimum atomic E-state index is -0.188. The smallest absolute Gasteiger partial charge is 0.315 e. The third kappa shape index (κ3) is 6.61. The molecular weight excluding hydrogens is 246 g/mol. The van der Waals surface area contributed by atoms with Crippen LogP contribution in [0.3, 0.4) is 0 Å². The Hall–Kier alpha value is -1.82. The predicted octanol–water partition coefficient (Wildman–Crippen LogP) is 1.32. The molecule has 19 heavy (non-hydrogen) atoms. The van der Waals surface area contributed by atoms with Gasteiger partial charge in [-0.1, -0.05) is 6.07 Å². The number of pyridine rings is 1. The first-order valence-corrected chi connectivity index (χ1v) is 6.34. The highest BCUT2D eigenvalue weighted by Crippen LogP contribution is 2.05. The largest absolute Gasteiger partial charge is 0.481 e. The lowest BCUT2D eigenvalue weighted by Gasteiger charge is -2.08. The van der Waals surface area contributed by atoms with Crippen LogP contribution >= 0.6 is 0 Å². The summed E-state index contributed by atoms with van der Waals surface area (Å²) in [5.74, 6) is 0.559. The van der Waals surface area contributed by atoms with Gasteiger partial charge in [-0.05, 0) is 18.9 Å². The lowest BCUT2D eigenvalue weighted by Crippen LogP contribution is -2.35. The van der Waals surface area contributed by atoms with Gasteiger partial charge < -0.3 is 20.1 Å². The van der Waals surface area contributed by atoms with Gasteiger partial charge >= 0.3 is 6.03 Å². The van der Waals surface area contributed by atoms with E-state index in [1.54, 1.807) is 19.4 Å². The van der Waals surface area contributed by atoms with Crippen molar-refractivity contribution in [3.63, 3.8) is 0 Å². The molecule has 1 rings (SSSR count). The van der Waals surface area contributed by atoms with Crippen molar-refractivity contribution in [3.8, 4) is 5.88 Å². The average Bonchev–Trinajstić information content (AvgIpc) is 2.45. The van der Waals surface area contributed by atoms with Crippen LogP contribution in [-0.4, -0.2) is 37.9 Å². The molecule has 0 radical (unpaired) electrons. The van der Waals surface area contributed by atoms with Crippen LogP contribution in [0.2, 0.25) is 0 Å². The van der Waals surface area contributed by atoms with E-state index < -0.39 is 0 Å². The Kier molecular flexibility index (Phi) is 7.34. The molecule has 0 saturated carbocycles. The highest BCUT2D eigenvalue weighted by atomic mass is 16.5. The van der Waals surface area contributed by atoms with E-state index in [1.165, 1.54) is 0 Å². The van der Waals surface area contributed by atoms with Gasteiger partial charge in [-0.3, -0.25) is 0 Å². The zero-order valence-corrected chi connectivity index (χ0v) is 11.4. The topological polar surface area (TPSA) is 72.5 Å². The van der Waals surface area contributed by atoms with Crippen LogP contribution in [0.1, 0.15) is 18.9 Å². The zero-order valence-electron chi connectivity index (χ0n) is 11.4. The number of carbonyl (C=O) groups is 1. The monoisotopic (exact) mass is 267 g/mol. The van der Waals surface area contributed by atoms with Crippen molar-refractivity contribution in [2.24, 2.45) is 0 Å². The van der Waals surface area contributed by atoms with Gasteiger partial charge in [0, 0.05) is 38.6 Å². The van der Waals surface area contributed by atoms with Crippen molar-refractivity contribution in [1.82, 2.24) is 15.6 Å². The zero-order chi connectivity index (χ0) is 13.9. The van der Waals surface area contributed by atoms with Gasteiger partial charge in [0.2, 0.25) is 5.88 Å². The Morgan fingerprint density at radius 3 is 2.84 bits per heavy atom. The fourth-order valence-electron chi connectivity index (χ4n) is 1.40. The average molecular weight is 267 g/mol. The van der Waals surface area contributed by atoms with Crippen molar-refractivity contribution in [2.75, 3.05) is 26.9 Å². The molecular formula is C13H21N3O3. The quantitative estimate of drug-likeness (QED) is 0.697. The van der Waals surface area contributed by atoms with Crippen LogP contribution in [0.25, 0.3) is 0 Å². The maximum Gasteiger partial charge on any atom is 0.315 e. The lowest BCUT2D eigenvalue weighted by molar-refractivity contribution is 0.145. The molecule has 2 amide bonds. The highest BCUT2D eigenvalue weighted by molar-refractivity contribution is 5.73. The number of methoxy groups -OCH3 is 1. The summed E-state index contributed by atoms with van der Waals surface area (Å²) in [4.78, 5) is 15.5. The van der Waals surface area contributed by atoms with Crippen LogP contribution in [0.4, 0.5) is 4.79 Å². The van der Waals surface area contributed by atoms with Gasteiger partial charge in [-0.15, -0.1) is 0 Å². The van der Waals surface area contributed by atoms with Gasteiger partial charge in [-0.2, -0.15) is 0 Å². The van der Waals surface area contributed by atoms with Crippen LogP contribution in [-0.2, 0) is 11.3 Å². The second-order valence-electron chi connectivity index (χ2n) is 3.87. The number of aromatic nitrogens is 1. The number of hydrogen-bond acceptors (Lipinski definition) is 4. The second kappa shape index (κ2) is 9.16. The molecule has 0 saturated heterocycles. The predicted molar refractivity (Wildman–Crippen MR) is 72.1 cm³/mol. The van der Waals surface area contributed by atoms with Gasteiger partial charge in [0.25, 0.3) is 0 Å². The van der Waals surface area contributed by atoms with Gasteiger partial charge in [0.15, 0.2) is 0 Å². The number of ether oxygens (including phenoxy) is 2. The van der Waals surface area contributed by atoms with Crippen molar-refractivity contribution in [3.05, 3.63) is 23.9 Å². The Balaban J connectivity index is 2.15. The molecule has 2 N–H and O–H groups in total. The van der Waals surface area contributed by atoms with Gasteiger partial charge in [0.05, 0.1) is 7.11 Å². The van der Waals surface area contributed by atoms with E-state index in [0.29, 0.717) is 32.2 Å². The number of amides is 2. The number of rotatable bonds is 8. The normalized spacial score (nSPS) is 10.0. The summed E-state index contributed by atoms with van der Waals surface area (Å²) in [7, 11) is 1.57. The molecule has 1 aromatic heterocycles. The fourth-order valence-corrected chi connectivity index (χ4v) is 1.40. The first-order valence-electron chi connectivity index (χ1n) is 6.34. The Morgan fingerprint density at radius 2 is 2.21 bits per heavy atom. The second-order valence-corrected chi connectivity index (χ2v) is 3.87. The standard InChI is InChI=1S/C13H21N3O3/c1-3-19-8-4-7-14-13(17)16-10-11-5-6-12(18-2)15-9-11/h5-6,9H,3-4,7-8,10H2,1-2H3,(H2,14,16,17). The van der Waals surface area contributed by atoms with Crippen LogP contribution in [0, 0.1) is 0 Å². The number of hydrogen-bond donors (Lipinski definition) is 2. The van der Waals surface area contributed by atoms with Gasteiger partial charge in [0.1, 0.15) is 0 Å². The first-order chi connectivity index (χ1) is 9.26. The fraction of sp³-hybridized carbons (Fsp3) is 0.538. The van der Waals surface area contributed by atoms with E-state index in [-0.39, 0.29) is 6.03 Å². The van der Waals surface area contributed by atoms with E-state index in [1.807, 2.05) is 13.0 Å². The third-order valence-corrected chi connectivity index (χ3v) is 2.41. The summed E-state index contributed by atoms with van der Waals surface area (Å²) in [5.41, 5.74) is 0.922. The molecule has 0 bridgehead atoms. The molecule has 6 nitrogen and oxygen atoms in total. The maximum atomic E-state index is 11.5. The van der Waals surface area contributed by atoms with E-state index in [0.717, 1.165) is 12.0 Å². The molecule has 1 heterocycles. The summed E-state index contributed by atoms with van der Waals surface area (Å²) in [6.07, 6.45) is 2.49. The summed E-state index contributed by atoms with van der Waals surface area (Å²) < 4.78 is 10.1. The maximum absolute atomic E-state index is 11.5. The Morgan fingerprint density at radius 1 is 1.37 bits per heavy atom. The first kappa shape index (κ1) is 15.2. The minimum absolute atomic E-state index is 0.188. The number of nitrogens with one attached hydrogen (secondary N) is 2. The summed E-state index contributed by atoms with van der Waals surface area (Å²) in [6.45, 7) is 4.36. The molecule has 0 unspecified atom stereocenters. The molecule has 0 fully saturated rings. The van der Waals surface area contributed by atoms with Gasteiger partial charge in [-0.25, -0.2) is 9.78 Å². The molecule has 0 aromatic carbocycles. The minimum Gasteiger partial charge on any atom is -0.481 e. The van der Waals surface area contributed by atoms with E-state index in [4.69, 9.17) is 9.47 Å². The molecule has 0 spiro atoms. The Bertz CT molecular complexity index is 368. The molecule has 0 aliphatic heterocycles. The molecule has 0 aliphatic carbocycles. The number of carbonyl (C=O) groups excluding carboxylic acids is 1. The van der Waals surface area contributed by atoms with Crippen LogP contribution < -0.4 is 15.4 Å². The summed E-state index contributed by atoms with van der Waals surface area (Å²) in [5, 5.41) is 5.51. The molecule has 0 atom stereocenters. The van der Waals surface area contributed by atoms with Crippen molar-refractivity contribution in [1.29, 1.82) is 0 Å². The summed E-state index contributed by atoms with van der Waals surface area (Å²) in [6, 6.07) is 3.44. The van der Waals surface area contributed by atoms with E-state index >= 15 is 0 Å². The molecule has 106 valence electrons.